The van der Waals surface area contributed by atoms with Crippen LogP contribution in [0, 0.1) is 5.41 Å². The molecule has 16 heavy (non-hydrogen) atoms. The molecule has 1 fully saturated rings. The smallest absolute Gasteiger partial charge is 0.330 e. The molecule has 6 heteroatoms. The Morgan fingerprint density at radius 3 is 2.12 bits per heavy atom. The minimum atomic E-state index is -0.472. The third kappa shape index (κ3) is 3.61. The van der Waals surface area contributed by atoms with E-state index in [1.54, 1.807) is 5.06 Å². The number of rotatable bonds is 1. The Balaban J connectivity index is 2.38. The van der Waals surface area contributed by atoms with Crippen molar-refractivity contribution < 1.29 is 9.63 Å². The summed E-state index contributed by atoms with van der Waals surface area (Å²) in [5.41, 5.74) is 5.04. The van der Waals surface area contributed by atoms with Gasteiger partial charge in [0.05, 0.1) is 18.5 Å². The molecule has 0 unspecified atom stereocenters. The van der Waals surface area contributed by atoms with Crippen molar-refractivity contribution in [1.29, 1.82) is 0 Å². The Morgan fingerprint density at radius 2 is 1.75 bits per heavy atom. The first-order chi connectivity index (χ1) is 7.30. The minimum absolute atomic E-state index is 0.212. The average Bonchev–Trinajstić information content (AvgIpc) is 2.17. The van der Waals surface area contributed by atoms with E-state index in [9.17, 15) is 4.79 Å². The highest BCUT2D eigenvalue weighted by molar-refractivity contribution is 7.80. The van der Waals surface area contributed by atoms with Gasteiger partial charge in [0.25, 0.3) is 0 Å². The molecule has 0 saturated carbocycles. The van der Waals surface area contributed by atoms with Crippen LogP contribution in [0.25, 0.3) is 0 Å². The largest absolute Gasteiger partial charge is 0.376 e. The molecule has 1 aliphatic rings. The van der Waals surface area contributed by atoms with Crippen molar-refractivity contribution in [3.05, 3.63) is 0 Å². The Morgan fingerprint density at radius 1 is 1.25 bits per heavy atom. The number of nitrogens with zero attached hydrogens (tertiary/aromatic N) is 2. The van der Waals surface area contributed by atoms with Gasteiger partial charge in [0.15, 0.2) is 5.11 Å². The first kappa shape index (κ1) is 13.2. The number of hydroxylamine groups is 2. The van der Waals surface area contributed by atoms with Gasteiger partial charge in [-0.15, -0.1) is 5.06 Å². The first-order valence-corrected chi connectivity index (χ1v) is 5.73. The lowest BCUT2D eigenvalue weighted by Crippen LogP contribution is -2.51. The van der Waals surface area contributed by atoms with Crippen molar-refractivity contribution in [2.75, 3.05) is 26.2 Å². The van der Waals surface area contributed by atoms with E-state index >= 15 is 0 Å². The second kappa shape index (κ2) is 4.97. The summed E-state index contributed by atoms with van der Waals surface area (Å²) >= 11 is 4.88. The molecule has 2 N–H and O–H groups in total. The van der Waals surface area contributed by atoms with Gasteiger partial charge in [-0.05, 0) is 33.0 Å². The zero-order valence-electron chi connectivity index (χ0n) is 10.0. The Labute approximate surface area is 101 Å². The molecule has 92 valence electrons. The van der Waals surface area contributed by atoms with E-state index in [2.05, 4.69) is 0 Å². The normalized spacial score (nSPS) is 18.3. The van der Waals surface area contributed by atoms with E-state index in [1.165, 1.54) is 0 Å². The van der Waals surface area contributed by atoms with Gasteiger partial charge >= 0.3 is 5.97 Å². The third-order valence-corrected chi connectivity index (χ3v) is 2.63. The van der Waals surface area contributed by atoms with Crippen molar-refractivity contribution in [2.24, 2.45) is 11.1 Å². The fourth-order valence-corrected chi connectivity index (χ4v) is 1.44. The molecule has 0 amide bonds. The van der Waals surface area contributed by atoms with E-state index in [0.717, 1.165) is 0 Å². The molecule has 1 rings (SSSR count). The number of hydrogen-bond donors (Lipinski definition) is 1. The van der Waals surface area contributed by atoms with Crippen LogP contribution in [0.5, 0.6) is 0 Å². The molecule has 0 aromatic rings. The molecule has 0 aliphatic carbocycles. The van der Waals surface area contributed by atoms with Gasteiger partial charge in [-0.25, -0.2) is 4.79 Å². The lowest BCUT2D eigenvalue weighted by atomic mass is 9.98. The van der Waals surface area contributed by atoms with Crippen LogP contribution in [0.2, 0.25) is 0 Å². The number of thiocarbonyl (C=S) groups is 1. The van der Waals surface area contributed by atoms with Crippen LogP contribution in [-0.4, -0.2) is 47.2 Å². The van der Waals surface area contributed by atoms with E-state index < -0.39 is 5.41 Å². The Bertz CT molecular complexity index is 280. The zero-order chi connectivity index (χ0) is 12.3. The molecule has 5 nitrogen and oxygen atoms in total. The molecule has 1 saturated heterocycles. The highest BCUT2D eigenvalue weighted by Crippen LogP contribution is 2.16. The van der Waals surface area contributed by atoms with Crippen molar-refractivity contribution in [3.8, 4) is 0 Å². The molecule has 1 aliphatic heterocycles. The quantitative estimate of drug-likeness (QED) is 0.673. The van der Waals surface area contributed by atoms with E-state index in [0.29, 0.717) is 31.3 Å². The van der Waals surface area contributed by atoms with Crippen LogP contribution in [0.3, 0.4) is 0 Å². The summed E-state index contributed by atoms with van der Waals surface area (Å²) in [5.74, 6) is -0.212. The predicted molar refractivity (Wildman–Crippen MR) is 65.5 cm³/mol. The fraction of sp³-hybridized carbons (Fsp3) is 0.800. The van der Waals surface area contributed by atoms with Gasteiger partial charge in [0, 0.05) is 13.1 Å². The number of carbonyl (C=O) groups is 1. The van der Waals surface area contributed by atoms with Gasteiger partial charge < -0.3 is 15.5 Å². The summed E-state index contributed by atoms with van der Waals surface area (Å²) in [6.07, 6.45) is 0. The van der Waals surface area contributed by atoms with E-state index in [-0.39, 0.29) is 5.97 Å². The summed E-state index contributed by atoms with van der Waals surface area (Å²) in [6.45, 7) is 8.18. The highest BCUT2D eigenvalue weighted by atomic mass is 32.1. The lowest BCUT2D eigenvalue weighted by Gasteiger charge is -2.34. The van der Waals surface area contributed by atoms with Gasteiger partial charge in [0.1, 0.15) is 0 Å². The van der Waals surface area contributed by atoms with E-state index in [1.807, 2.05) is 25.7 Å². The first-order valence-electron chi connectivity index (χ1n) is 5.32. The van der Waals surface area contributed by atoms with Crippen LogP contribution in [0.1, 0.15) is 20.8 Å². The highest BCUT2D eigenvalue weighted by Gasteiger charge is 2.27. The van der Waals surface area contributed by atoms with E-state index in [4.69, 9.17) is 22.8 Å². The van der Waals surface area contributed by atoms with Crippen molar-refractivity contribution in [3.63, 3.8) is 0 Å². The number of piperazine rings is 1. The maximum Gasteiger partial charge on any atom is 0.330 e. The monoisotopic (exact) mass is 245 g/mol. The maximum absolute atomic E-state index is 11.6. The fourth-order valence-electron chi connectivity index (χ4n) is 1.25. The number of nitrogens with two attached hydrogens (primary N) is 1. The molecule has 0 aromatic carbocycles. The molecule has 0 bridgehead atoms. The molecule has 0 atom stereocenters. The van der Waals surface area contributed by atoms with Crippen LogP contribution in [0.15, 0.2) is 0 Å². The number of hydrogen-bond acceptors (Lipinski definition) is 4. The molecular formula is C10H19N3O2S. The second-order valence-electron chi connectivity index (χ2n) is 4.88. The van der Waals surface area contributed by atoms with Crippen molar-refractivity contribution in [1.82, 2.24) is 9.96 Å². The van der Waals surface area contributed by atoms with Gasteiger partial charge in [-0.3, -0.25) is 0 Å². The average molecular weight is 245 g/mol. The number of carbonyl (C=O) groups excluding carboxylic acids is 1. The molecule has 0 spiro atoms. The third-order valence-electron chi connectivity index (χ3n) is 2.37. The summed E-state index contributed by atoms with van der Waals surface area (Å²) in [5, 5.41) is 2.07. The SMILES string of the molecule is CC(C)(C)C(=O)ON1CCN(C(N)=S)CC1. The summed E-state index contributed by atoms with van der Waals surface area (Å²) in [6, 6.07) is 0. The minimum Gasteiger partial charge on any atom is -0.376 e. The van der Waals surface area contributed by atoms with Crippen molar-refractivity contribution in [2.45, 2.75) is 20.8 Å². The summed E-state index contributed by atoms with van der Waals surface area (Å²) < 4.78 is 0. The molecule has 1 heterocycles. The standard InChI is InChI=1S/C10H19N3O2S/c1-10(2,3)8(14)15-13-6-4-12(5-7-13)9(11)16/h4-7H2,1-3H3,(H2,11,16). The Kier molecular flexibility index (Phi) is 4.09. The Hall–Kier alpha value is -0.880. The zero-order valence-corrected chi connectivity index (χ0v) is 10.8. The van der Waals surface area contributed by atoms with Gasteiger partial charge in [0.2, 0.25) is 0 Å². The second-order valence-corrected chi connectivity index (χ2v) is 5.30. The molecular weight excluding hydrogens is 226 g/mol. The van der Waals surface area contributed by atoms with Crippen molar-refractivity contribution >= 4 is 23.3 Å². The summed E-state index contributed by atoms with van der Waals surface area (Å²) in [4.78, 5) is 18.8. The topological polar surface area (TPSA) is 58.8 Å². The molecule has 0 aromatic heterocycles. The lowest BCUT2D eigenvalue weighted by molar-refractivity contribution is -0.205. The van der Waals surface area contributed by atoms with Crippen LogP contribution < -0.4 is 5.73 Å². The van der Waals surface area contributed by atoms with Crippen LogP contribution >= 0.6 is 12.2 Å². The summed E-state index contributed by atoms with van der Waals surface area (Å²) in [7, 11) is 0. The van der Waals surface area contributed by atoms with Gasteiger partial charge in [-0.2, -0.15) is 0 Å². The maximum atomic E-state index is 11.6. The van der Waals surface area contributed by atoms with Gasteiger partial charge in [-0.1, -0.05) is 0 Å². The predicted octanol–water partition coefficient (Wildman–Crippen LogP) is 0.352. The van der Waals surface area contributed by atoms with Crippen LogP contribution in [0.4, 0.5) is 0 Å². The van der Waals surface area contributed by atoms with Crippen LogP contribution in [-0.2, 0) is 9.63 Å². The molecule has 0 radical (unpaired) electrons.